The van der Waals surface area contributed by atoms with Crippen LogP contribution in [0.15, 0.2) is 48.5 Å². The molecule has 11 heteroatoms. The molecule has 2 aromatic rings. The highest BCUT2D eigenvalue weighted by Crippen LogP contribution is 2.34. The number of nitro benzene ring substituents is 1. The van der Waals surface area contributed by atoms with Crippen LogP contribution in [0, 0.1) is 10.1 Å². The number of alkyl halides is 3. The molecule has 0 fully saturated rings. The largest absolute Gasteiger partial charge is 0.416 e. The van der Waals surface area contributed by atoms with Crippen molar-refractivity contribution in [1.82, 2.24) is 4.72 Å². The first-order valence-electron chi connectivity index (χ1n) is 7.69. The van der Waals surface area contributed by atoms with Gasteiger partial charge in [-0.15, -0.1) is 0 Å². The van der Waals surface area contributed by atoms with Crippen LogP contribution in [-0.2, 0) is 22.0 Å². The smallest absolute Gasteiger partial charge is 0.378 e. The fourth-order valence-corrected chi connectivity index (χ4v) is 3.40. The van der Waals surface area contributed by atoms with E-state index in [4.69, 9.17) is 0 Å². The van der Waals surface area contributed by atoms with Crippen LogP contribution in [0.5, 0.6) is 0 Å². The van der Waals surface area contributed by atoms with Crippen LogP contribution in [0.2, 0.25) is 0 Å². The van der Waals surface area contributed by atoms with Crippen molar-refractivity contribution in [2.75, 3.05) is 18.4 Å². The second-order valence-corrected chi connectivity index (χ2v) is 7.36. The topological polar surface area (TPSA) is 101 Å². The zero-order valence-corrected chi connectivity index (χ0v) is 14.7. The lowest BCUT2D eigenvalue weighted by atomic mass is 10.1. The molecule has 146 valence electrons. The van der Waals surface area contributed by atoms with Crippen LogP contribution in [0.3, 0.4) is 0 Å². The molecular weight excluding hydrogens is 387 g/mol. The molecule has 0 unspecified atom stereocenters. The maximum atomic E-state index is 12.7. The summed E-state index contributed by atoms with van der Waals surface area (Å²) in [5.74, 6) is -0.228. The molecule has 0 aliphatic carbocycles. The van der Waals surface area contributed by atoms with E-state index in [9.17, 15) is 31.7 Å². The van der Waals surface area contributed by atoms with Crippen molar-refractivity contribution in [2.45, 2.75) is 11.9 Å². The molecule has 0 saturated carbocycles. The van der Waals surface area contributed by atoms with Crippen LogP contribution in [-0.4, -0.2) is 26.4 Å². The van der Waals surface area contributed by atoms with Gasteiger partial charge in [-0.2, -0.15) is 13.2 Å². The van der Waals surface area contributed by atoms with E-state index in [0.29, 0.717) is 11.6 Å². The first kappa shape index (κ1) is 20.6. The highest BCUT2D eigenvalue weighted by molar-refractivity contribution is 7.88. The average Bonchev–Trinajstić information content (AvgIpc) is 2.58. The van der Waals surface area contributed by atoms with Gasteiger partial charge in [0.05, 0.1) is 16.2 Å². The number of sulfonamides is 1. The van der Waals surface area contributed by atoms with Gasteiger partial charge in [-0.05, 0) is 17.7 Å². The van der Waals surface area contributed by atoms with E-state index in [0.717, 1.165) is 12.1 Å². The van der Waals surface area contributed by atoms with Crippen LogP contribution in [0.1, 0.15) is 11.1 Å². The number of nitrogens with zero attached hydrogens (tertiary/aromatic N) is 1. The molecule has 0 aromatic heterocycles. The van der Waals surface area contributed by atoms with E-state index in [1.54, 1.807) is 30.3 Å². The van der Waals surface area contributed by atoms with Crippen molar-refractivity contribution in [1.29, 1.82) is 0 Å². The van der Waals surface area contributed by atoms with Crippen molar-refractivity contribution in [3.63, 3.8) is 0 Å². The van der Waals surface area contributed by atoms with E-state index in [1.165, 1.54) is 0 Å². The molecule has 0 spiro atoms. The summed E-state index contributed by atoms with van der Waals surface area (Å²) in [7, 11) is -3.61. The third kappa shape index (κ3) is 6.22. The highest BCUT2D eigenvalue weighted by atomic mass is 32.2. The van der Waals surface area contributed by atoms with Crippen molar-refractivity contribution in [3.05, 3.63) is 69.8 Å². The maximum Gasteiger partial charge on any atom is 0.416 e. The Balaban J connectivity index is 1.96. The van der Waals surface area contributed by atoms with Gasteiger partial charge in [0.1, 0.15) is 5.69 Å². The summed E-state index contributed by atoms with van der Waals surface area (Å²) < 4.78 is 64.2. The Kier molecular flexibility index (Phi) is 6.39. The Hall–Kier alpha value is -2.66. The predicted octanol–water partition coefficient (Wildman–Crippen LogP) is 3.15. The third-order valence-electron chi connectivity index (χ3n) is 3.48. The molecule has 0 radical (unpaired) electrons. The second kappa shape index (κ2) is 8.35. The number of hydrogen-bond donors (Lipinski definition) is 2. The number of nitro groups is 1. The Morgan fingerprint density at radius 1 is 1.04 bits per heavy atom. The monoisotopic (exact) mass is 403 g/mol. The van der Waals surface area contributed by atoms with Crippen molar-refractivity contribution < 1.29 is 26.5 Å². The molecular formula is C16H16F3N3O4S. The lowest BCUT2D eigenvalue weighted by Gasteiger charge is -2.11. The van der Waals surface area contributed by atoms with Gasteiger partial charge in [0.15, 0.2) is 0 Å². The fourth-order valence-electron chi connectivity index (χ4n) is 2.26. The molecule has 2 rings (SSSR count). The molecule has 0 amide bonds. The number of nitrogens with one attached hydrogen (secondary N) is 2. The molecule has 7 nitrogen and oxygen atoms in total. The molecule has 0 atom stereocenters. The van der Waals surface area contributed by atoms with Gasteiger partial charge >= 0.3 is 6.18 Å². The number of rotatable bonds is 8. The van der Waals surface area contributed by atoms with Gasteiger partial charge < -0.3 is 5.32 Å². The minimum absolute atomic E-state index is 0.0414. The third-order valence-corrected chi connectivity index (χ3v) is 4.84. The lowest BCUT2D eigenvalue weighted by molar-refractivity contribution is -0.384. The zero-order chi connectivity index (χ0) is 20.1. The van der Waals surface area contributed by atoms with Gasteiger partial charge in [-0.3, -0.25) is 10.1 Å². The Labute approximate surface area is 153 Å². The van der Waals surface area contributed by atoms with Gasteiger partial charge in [0, 0.05) is 19.2 Å². The van der Waals surface area contributed by atoms with E-state index >= 15 is 0 Å². The first-order valence-corrected chi connectivity index (χ1v) is 9.34. The maximum absolute atomic E-state index is 12.7. The van der Waals surface area contributed by atoms with Gasteiger partial charge in [0.2, 0.25) is 10.0 Å². The number of halogens is 3. The summed E-state index contributed by atoms with van der Waals surface area (Å²) >= 11 is 0. The molecule has 0 aliphatic rings. The van der Waals surface area contributed by atoms with E-state index in [1.807, 2.05) is 0 Å². The number of hydrogen-bond acceptors (Lipinski definition) is 5. The lowest BCUT2D eigenvalue weighted by Crippen LogP contribution is -2.30. The summed E-state index contributed by atoms with van der Waals surface area (Å²) in [6, 6.07) is 10.6. The minimum atomic E-state index is -4.70. The van der Waals surface area contributed by atoms with Crippen molar-refractivity contribution in [3.8, 4) is 0 Å². The van der Waals surface area contributed by atoms with Crippen LogP contribution in [0.25, 0.3) is 0 Å². The van der Waals surface area contributed by atoms with Gasteiger partial charge in [0.25, 0.3) is 5.69 Å². The first-order chi connectivity index (χ1) is 12.6. The second-order valence-electron chi connectivity index (χ2n) is 5.55. The zero-order valence-electron chi connectivity index (χ0n) is 13.9. The van der Waals surface area contributed by atoms with Crippen molar-refractivity contribution in [2.24, 2.45) is 0 Å². The summed E-state index contributed by atoms with van der Waals surface area (Å²) in [4.78, 5) is 10.0. The minimum Gasteiger partial charge on any atom is -0.378 e. The predicted molar refractivity (Wildman–Crippen MR) is 93.7 cm³/mol. The normalized spacial score (nSPS) is 12.0. The van der Waals surface area contributed by atoms with Crippen molar-refractivity contribution >= 4 is 21.4 Å². The summed E-state index contributed by atoms with van der Waals surface area (Å²) in [5, 5.41) is 13.6. The van der Waals surface area contributed by atoms with E-state index in [2.05, 4.69) is 10.0 Å². The Bertz CT molecular complexity index is 903. The van der Waals surface area contributed by atoms with Crippen LogP contribution < -0.4 is 10.0 Å². The Morgan fingerprint density at radius 3 is 2.30 bits per heavy atom. The van der Waals surface area contributed by atoms with Crippen LogP contribution >= 0.6 is 0 Å². The standard InChI is InChI=1S/C16H16F3N3O4S/c17-16(18,19)13-6-7-14(15(10-13)22(23)24)20-8-9-21-27(25,26)11-12-4-2-1-3-5-12/h1-7,10,20-21H,8-9,11H2. The molecule has 0 bridgehead atoms. The fraction of sp³-hybridized carbons (Fsp3) is 0.250. The SMILES string of the molecule is O=[N+]([O-])c1cc(C(F)(F)F)ccc1NCCNS(=O)(=O)Cc1ccccc1. The molecule has 2 aromatic carbocycles. The van der Waals surface area contributed by atoms with E-state index < -0.39 is 32.4 Å². The molecule has 2 N–H and O–H groups in total. The molecule has 27 heavy (non-hydrogen) atoms. The molecule has 0 saturated heterocycles. The molecule has 0 aliphatic heterocycles. The Morgan fingerprint density at radius 2 is 1.70 bits per heavy atom. The number of anilines is 1. The van der Waals surface area contributed by atoms with Gasteiger partial charge in [-0.25, -0.2) is 13.1 Å². The van der Waals surface area contributed by atoms with Crippen LogP contribution in [0.4, 0.5) is 24.5 Å². The van der Waals surface area contributed by atoms with E-state index in [-0.39, 0.29) is 24.5 Å². The number of benzene rings is 2. The molecule has 0 heterocycles. The summed E-state index contributed by atoms with van der Waals surface area (Å²) in [6.45, 7) is -0.131. The average molecular weight is 403 g/mol. The summed E-state index contributed by atoms with van der Waals surface area (Å²) in [5.41, 5.74) is -1.41. The summed E-state index contributed by atoms with van der Waals surface area (Å²) in [6.07, 6.45) is -4.70. The quantitative estimate of drug-likeness (QED) is 0.401. The van der Waals surface area contributed by atoms with Gasteiger partial charge in [-0.1, -0.05) is 30.3 Å². The highest BCUT2D eigenvalue weighted by Gasteiger charge is 2.33.